The third kappa shape index (κ3) is 3.93. The van der Waals surface area contributed by atoms with Crippen molar-refractivity contribution in [3.8, 4) is 23.0 Å². The van der Waals surface area contributed by atoms with Crippen LogP contribution in [0.25, 0.3) is 11.5 Å². The van der Waals surface area contributed by atoms with Gasteiger partial charge in [0.2, 0.25) is 0 Å². The molecule has 0 unspecified atom stereocenters. The van der Waals surface area contributed by atoms with Gasteiger partial charge in [-0.25, -0.2) is 15.0 Å². The molecule has 1 amide bonds. The highest BCUT2D eigenvalue weighted by Gasteiger charge is 2.35. The maximum absolute atomic E-state index is 13.0. The highest BCUT2D eigenvalue weighted by Crippen LogP contribution is 2.40. The van der Waals surface area contributed by atoms with Crippen molar-refractivity contribution in [3.05, 3.63) is 59.8 Å². The predicted octanol–water partition coefficient (Wildman–Crippen LogP) is 3.15. The molecule has 158 valence electrons. The average Bonchev–Trinajstić information content (AvgIpc) is 2.78. The van der Waals surface area contributed by atoms with E-state index in [9.17, 15) is 4.79 Å². The van der Waals surface area contributed by atoms with E-state index in [1.54, 1.807) is 43.0 Å². The highest BCUT2D eigenvalue weighted by atomic mass is 16.6. The minimum atomic E-state index is -0.185. The van der Waals surface area contributed by atoms with E-state index in [0.717, 1.165) is 24.1 Å². The molecule has 2 aliphatic rings. The Labute approximate surface area is 180 Å². The van der Waals surface area contributed by atoms with Crippen LogP contribution in [0.1, 0.15) is 47.9 Å². The van der Waals surface area contributed by atoms with Gasteiger partial charge in [-0.3, -0.25) is 9.78 Å². The molecule has 5 rings (SSSR count). The average molecular weight is 417 g/mol. The van der Waals surface area contributed by atoms with Crippen LogP contribution in [0, 0.1) is 5.41 Å². The van der Waals surface area contributed by atoms with Crippen LogP contribution in [0.5, 0.6) is 11.5 Å². The summed E-state index contributed by atoms with van der Waals surface area (Å²) >= 11 is 0. The van der Waals surface area contributed by atoms with Crippen molar-refractivity contribution >= 4 is 5.91 Å². The number of hydrogen-bond donors (Lipinski definition) is 1. The second-order valence-electron chi connectivity index (χ2n) is 8.62. The fraction of sp³-hybridized carbons (Fsp3) is 0.348. The first-order valence-corrected chi connectivity index (χ1v) is 10.3. The molecule has 2 aromatic heterocycles. The minimum Gasteiger partial charge on any atom is -0.486 e. The van der Waals surface area contributed by atoms with E-state index in [0.29, 0.717) is 41.8 Å². The summed E-state index contributed by atoms with van der Waals surface area (Å²) in [4.78, 5) is 30.7. The molecule has 3 aromatic rings. The van der Waals surface area contributed by atoms with E-state index in [1.165, 1.54) is 0 Å². The first kappa shape index (κ1) is 19.4. The van der Waals surface area contributed by atoms with E-state index in [4.69, 9.17) is 14.5 Å². The van der Waals surface area contributed by atoms with Crippen LogP contribution in [0.3, 0.4) is 0 Å². The lowest BCUT2D eigenvalue weighted by molar-refractivity contribution is 0.0917. The van der Waals surface area contributed by atoms with Crippen molar-refractivity contribution in [2.75, 3.05) is 13.2 Å². The summed E-state index contributed by atoms with van der Waals surface area (Å²) in [5.74, 6) is 1.64. The number of nitrogens with zero attached hydrogens (tertiary/aromatic N) is 4. The van der Waals surface area contributed by atoms with Crippen molar-refractivity contribution in [2.45, 2.75) is 32.7 Å². The zero-order valence-corrected chi connectivity index (χ0v) is 17.5. The van der Waals surface area contributed by atoms with Gasteiger partial charge in [0.1, 0.15) is 18.9 Å². The lowest BCUT2D eigenvalue weighted by atomic mass is 9.74. The fourth-order valence-corrected chi connectivity index (χ4v) is 4.14. The summed E-state index contributed by atoms with van der Waals surface area (Å²) in [6.07, 6.45) is 8.29. The number of amides is 1. The summed E-state index contributed by atoms with van der Waals surface area (Å²) in [5.41, 5.74) is 3.01. The number of hydrogen-bond acceptors (Lipinski definition) is 7. The van der Waals surface area contributed by atoms with Gasteiger partial charge in [-0.2, -0.15) is 0 Å². The molecule has 1 aromatic carbocycles. The molecular formula is C23H23N5O3. The van der Waals surface area contributed by atoms with Gasteiger partial charge in [-0.1, -0.05) is 13.8 Å². The van der Waals surface area contributed by atoms with Gasteiger partial charge in [-0.05, 0) is 36.5 Å². The smallest absolute Gasteiger partial charge is 0.251 e. The van der Waals surface area contributed by atoms with Gasteiger partial charge >= 0.3 is 0 Å². The van der Waals surface area contributed by atoms with Crippen LogP contribution in [0.2, 0.25) is 0 Å². The van der Waals surface area contributed by atoms with E-state index in [-0.39, 0.29) is 17.4 Å². The van der Waals surface area contributed by atoms with Gasteiger partial charge in [-0.15, -0.1) is 0 Å². The summed E-state index contributed by atoms with van der Waals surface area (Å²) in [7, 11) is 0. The van der Waals surface area contributed by atoms with Crippen molar-refractivity contribution in [1.29, 1.82) is 0 Å². The number of carbonyl (C=O) groups excluding carboxylic acids is 1. The Hall–Kier alpha value is -3.55. The van der Waals surface area contributed by atoms with Crippen LogP contribution in [-0.2, 0) is 6.42 Å². The zero-order valence-electron chi connectivity index (χ0n) is 17.5. The van der Waals surface area contributed by atoms with Gasteiger partial charge in [0.25, 0.3) is 5.91 Å². The molecule has 0 saturated carbocycles. The molecule has 8 heteroatoms. The largest absolute Gasteiger partial charge is 0.486 e. The summed E-state index contributed by atoms with van der Waals surface area (Å²) in [6, 6.07) is 5.08. The molecule has 0 spiro atoms. The van der Waals surface area contributed by atoms with Gasteiger partial charge in [0.05, 0.1) is 17.9 Å². The van der Waals surface area contributed by atoms with Gasteiger partial charge in [0.15, 0.2) is 17.3 Å². The Bertz CT molecular complexity index is 1130. The highest BCUT2D eigenvalue weighted by molar-refractivity contribution is 5.95. The van der Waals surface area contributed by atoms with Crippen molar-refractivity contribution in [2.24, 2.45) is 5.41 Å². The van der Waals surface area contributed by atoms with E-state index in [2.05, 4.69) is 34.1 Å². The number of benzene rings is 1. The molecule has 3 heterocycles. The zero-order chi connectivity index (χ0) is 21.4. The molecular weight excluding hydrogens is 394 g/mol. The van der Waals surface area contributed by atoms with Crippen LogP contribution in [0.15, 0.2) is 43.0 Å². The van der Waals surface area contributed by atoms with Crippen molar-refractivity contribution in [3.63, 3.8) is 0 Å². The van der Waals surface area contributed by atoms with Crippen molar-refractivity contribution in [1.82, 2.24) is 25.3 Å². The van der Waals surface area contributed by atoms with Gasteiger partial charge < -0.3 is 14.8 Å². The normalized spacial score (nSPS) is 18.7. The molecule has 1 atom stereocenters. The minimum absolute atomic E-state index is 0.0221. The standard InChI is InChI=1S/C23H23N5O3/c1-23(2)10-16-15(12-26-21(27-16)18-13-24-5-6-25-18)17(11-23)28-22(29)14-3-4-19-20(9-14)31-8-7-30-19/h3-6,9,12-13,17H,7-8,10-11H2,1-2H3,(H,28,29)/t17-/m1/s1. The second kappa shape index (κ2) is 7.61. The Morgan fingerprint density at radius 1 is 1.10 bits per heavy atom. The first-order valence-electron chi connectivity index (χ1n) is 10.3. The molecule has 1 N–H and O–H groups in total. The first-order chi connectivity index (χ1) is 15.0. The second-order valence-corrected chi connectivity index (χ2v) is 8.62. The van der Waals surface area contributed by atoms with Crippen LogP contribution in [-0.4, -0.2) is 39.1 Å². The number of nitrogens with one attached hydrogen (secondary N) is 1. The summed E-state index contributed by atoms with van der Waals surface area (Å²) in [5, 5.41) is 3.17. The van der Waals surface area contributed by atoms with E-state index < -0.39 is 0 Å². The molecule has 8 nitrogen and oxygen atoms in total. The molecule has 0 fully saturated rings. The Morgan fingerprint density at radius 3 is 2.74 bits per heavy atom. The third-order valence-corrected chi connectivity index (χ3v) is 5.58. The number of fused-ring (bicyclic) bond motifs is 2. The van der Waals surface area contributed by atoms with E-state index in [1.807, 2.05) is 0 Å². The van der Waals surface area contributed by atoms with Crippen LogP contribution in [0.4, 0.5) is 0 Å². The summed E-state index contributed by atoms with van der Waals surface area (Å²) < 4.78 is 11.2. The number of aromatic nitrogens is 4. The Morgan fingerprint density at radius 2 is 1.94 bits per heavy atom. The Kier molecular flexibility index (Phi) is 4.77. The number of ether oxygens (including phenoxy) is 2. The molecule has 1 aliphatic carbocycles. The Balaban J connectivity index is 1.43. The van der Waals surface area contributed by atoms with Crippen LogP contribution >= 0.6 is 0 Å². The third-order valence-electron chi connectivity index (χ3n) is 5.58. The van der Waals surface area contributed by atoms with Gasteiger partial charge in [0, 0.05) is 29.7 Å². The maximum atomic E-state index is 13.0. The lowest BCUT2D eigenvalue weighted by Crippen LogP contribution is -2.37. The molecule has 31 heavy (non-hydrogen) atoms. The number of carbonyl (C=O) groups is 1. The molecule has 0 radical (unpaired) electrons. The number of rotatable bonds is 3. The fourth-order valence-electron chi connectivity index (χ4n) is 4.14. The quantitative estimate of drug-likeness (QED) is 0.699. The predicted molar refractivity (Wildman–Crippen MR) is 113 cm³/mol. The topological polar surface area (TPSA) is 99.1 Å². The monoisotopic (exact) mass is 417 g/mol. The maximum Gasteiger partial charge on any atom is 0.251 e. The SMILES string of the molecule is CC1(C)Cc2nc(-c3cnccn3)ncc2[C@H](NC(=O)c2ccc3c(c2)OCCO3)C1. The summed E-state index contributed by atoms with van der Waals surface area (Å²) in [6.45, 7) is 5.36. The van der Waals surface area contributed by atoms with Crippen molar-refractivity contribution < 1.29 is 14.3 Å². The van der Waals surface area contributed by atoms with Crippen LogP contribution < -0.4 is 14.8 Å². The van der Waals surface area contributed by atoms with E-state index >= 15 is 0 Å². The molecule has 0 bridgehead atoms. The molecule has 0 saturated heterocycles. The molecule has 1 aliphatic heterocycles. The lowest BCUT2D eigenvalue weighted by Gasteiger charge is -2.36.